The van der Waals surface area contributed by atoms with Gasteiger partial charge in [0.2, 0.25) is 0 Å². The summed E-state index contributed by atoms with van der Waals surface area (Å²) in [5.74, 6) is -1.86. The molecule has 0 aliphatic rings. The second-order valence-corrected chi connectivity index (χ2v) is 4.03. The van der Waals surface area contributed by atoms with Gasteiger partial charge in [-0.25, -0.2) is 13.6 Å². The molecule has 1 atom stereocenters. The fourth-order valence-corrected chi connectivity index (χ4v) is 1.74. The molecule has 2 N–H and O–H groups in total. The van der Waals surface area contributed by atoms with Gasteiger partial charge in [-0.15, -0.1) is 0 Å². The van der Waals surface area contributed by atoms with E-state index in [-0.39, 0.29) is 19.7 Å². The van der Waals surface area contributed by atoms with Crippen molar-refractivity contribution in [3.63, 3.8) is 0 Å². The lowest BCUT2D eigenvalue weighted by atomic mass is 10.1. The Morgan fingerprint density at radius 2 is 2.11 bits per heavy atom. The molecule has 0 fully saturated rings. The number of hydrogen-bond donors (Lipinski definition) is 1. The molecule has 0 saturated heterocycles. The van der Waals surface area contributed by atoms with E-state index in [0.29, 0.717) is 5.56 Å². The highest BCUT2D eigenvalue weighted by Crippen LogP contribution is 2.22. The van der Waals surface area contributed by atoms with E-state index in [2.05, 4.69) is 0 Å². The first-order valence-corrected chi connectivity index (χ1v) is 6.09. The van der Waals surface area contributed by atoms with Crippen LogP contribution in [0.1, 0.15) is 25.5 Å². The van der Waals surface area contributed by atoms with Crippen LogP contribution in [-0.4, -0.2) is 30.7 Å². The van der Waals surface area contributed by atoms with Gasteiger partial charge in [0, 0.05) is 13.1 Å². The smallest absolute Gasteiger partial charge is 0.410 e. The normalized spacial score (nSPS) is 12.1. The summed E-state index contributed by atoms with van der Waals surface area (Å²) in [5.41, 5.74) is 5.94. The highest BCUT2D eigenvalue weighted by molar-refractivity contribution is 5.68. The van der Waals surface area contributed by atoms with Gasteiger partial charge >= 0.3 is 6.09 Å². The first-order chi connectivity index (χ1) is 9.01. The molecular formula is C13H18F2N2O2. The van der Waals surface area contributed by atoms with E-state index in [1.807, 2.05) is 0 Å². The number of amides is 1. The second-order valence-electron chi connectivity index (χ2n) is 4.03. The Morgan fingerprint density at radius 3 is 2.63 bits per heavy atom. The molecule has 0 radical (unpaired) electrons. The lowest BCUT2D eigenvalue weighted by Crippen LogP contribution is -2.37. The van der Waals surface area contributed by atoms with Crippen molar-refractivity contribution in [1.29, 1.82) is 0 Å². The summed E-state index contributed by atoms with van der Waals surface area (Å²) in [6, 6.07) is 3.10. The van der Waals surface area contributed by atoms with Crippen molar-refractivity contribution in [2.24, 2.45) is 5.73 Å². The van der Waals surface area contributed by atoms with Crippen LogP contribution in [0.5, 0.6) is 0 Å². The van der Waals surface area contributed by atoms with Gasteiger partial charge < -0.3 is 15.4 Å². The SMILES string of the molecule is CCOC(=O)N(CCN)[C@@H](C)c1ccc(F)c(F)c1. The van der Waals surface area contributed by atoms with E-state index in [1.165, 1.54) is 11.0 Å². The first-order valence-electron chi connectivity index (χ1n) is 6.09. The van der Waals surface area contributed by atoms with Gasteiger partial charge in [0.1, 0.15) is 0 Å². The third kappa shape index (κ3) is 3.89. The molecule has 0 aliphatic heterocycles. The second kappa shape index (κ2) is 7.04. The predicted molar refractivity (Wildman–Crippen MR) is 67.6 cm³/mol. The minimum Gasteiger partial charge on any atom is -0.450 e. The molecule has 0 spiro atoms. The quantitative estimate of drug-likeness (QED) is 0.895. The van der Waals surface area contributed by atoms with Gasteiger partial charge in [-0.3, -0.25) is 0 Å². The number of nitrogens with two attached hydrogens (primary N) is 1. The highest BCUT2D eigenvalue weighted by atomic mass is 19.2. The Morgan fingerprint density at radius 1 is 1.42 bits per heavy atom. The predicted octanol–water partition coefficient (Wildman–Crippen LogP) is 2.44. The van der Waals surface area contributed by atoms with E-state index in [4.69, 9.17) is 10.5 Å². The third-order valence-corrected chi connectivity index (χ3v) is 2.77. The number of carbonyl (C=O) groups is 1. The molecule has 19 heavy (non-hydrogen) atoms. The zero-order valence-electron chi connectivity index (χ0n) is 11.0. The van der Waals surface area contributed by atoms with Crippen LogP contribution in [0.2, 0.25) is 0 Å². The summed E-state index contributed by atoms with van der Waals surface area (Å²) in [7, 11) is 0. The maximum Gasteiger partial charge on any atom is 0.410 e. The summed E-state index contributed by atoms with van der Waals surface area (Å²) in [5, 5.41) is 0. The molecular weight excluding hydrogens is 254 g/mol. The molecule has 6 heteroatoms. The standard InChI is InChI=1S/C13H18F2N2O2/c1-3-19-13(18)17(7-6-16)9(2)10-4-5-11(14)12(15)8-10/h4-5,8-9H,3,6-7,16H2,1-2H3/t9-/m0/s1. The van der Waals surface area contributed by atoms with Crippen LogP contribution < -0.4 is 5.73 Å². The highest BCUT2D eigenvalue weighted by Gasteiger charge is 2.22. The lowest BCUT2D eigenvalue weighted by molar-refractivity contribution is 0.0942. The third-order valence-electron chi connectivity index (χ3n) is 2.77. The number of nitrogens with zero attached hydrogens (tertiary/aromatic N) is 1. The van der Waals surface area contributed by atoms with E-state index in [1.54, 1.807) is 13.8 Å². The van der Waals surface area contributed by atoms with Gasteiger partial charge in [0.05, 0.1) is 12.6 Å². The Hall–Kier alpha value is -1.69. The molecule has 0 aromatic heterocycles. The summed E-state index contributed by atoms with van der Waals surface area (Å²) in [6.07, 6.45) is -0.523. The van der Waals surface area contributed by atoms with E-state index < -0.39 is 23.8 Å². The number of rotatable bonds is 5. The summed E-state index contributed by atoms with van der Waals surface area (Å²) in [4.78, 5) is 13.2. The molecule has 106 valence electrons. The van der Waals surface area contributed by atoms with Crippen molar-refractivity contribution in [1.82, 2.24) is 4.90 Å². The van der Waals surface area contributed by atoms with Crippen LogP contribution >= 0.6 is 0 Å². The van der Waals surface area contributed by atoms with Crippen molar-refractivity contribution >= 4 is 6.09 Å². The van der Waals surface area contributed by atoms with Gasteiger partial charge in [0.25, 0.3) is 0 Å². The van der Waals surface area contributed by atoms with E-state index in [9.17, 15) is 13.6 Å². The van der Waals surface area contributed by atoms with Gasteiger partial charge in [-0.2, -0.15) is 0 Å². The summed E-state index contributed by atoms with van der Waals surface area (Å²) < 4.78 is 31.0. The van der Waals surface area contributed by atoms with Crippen molar-refractivity contribution in [3.8, 4) is 0 Å². The van der Waals surface area contributed by atoms with E-state index in [0.717, 1.165) is 12.1 Å². The molecule has 0 heterocycles. The fourth-order valence-electron chi connectivity index (χ4n) is 1.74. The number of benzene rings is 1. The van der Waals surface area contributed by atoms with Crippen LogP contribution in [0.25, 0.3) is 0 Å². The molecule has 1 aromatic carbocycles. The molecule has 0 aliphatic carbocycles. The van der Waals surface area contributed by atoms with Crippen LogP contribution in [0.15, 0.2) is 18.2 Å². The molecule has 0 saturated carbocycles. The van der Waals surface area contributed by atoms with Crippen LogP contribution in [0, 0.1) is 11.6 Å². The molecule has 0 unspecified atom stereocenters. The Kier molecular flexibility index (Phi) is 5.69. The van der Waals surface area contributed by atoms with Crippen LogP contribution in [-0.2, 0) is 4.74 Å². The van der Waals surface area contributed by atoms with Crippen molar-refractivity contribution in [2.45, 2.75) is 19.9 Å². The van der Waals surface area contributed by atoms with Gasteiger partial charge in [-0.1, -0.05) is 6.07 Å². The Labute approximate surface area is 111 Å². The van der Waals surface area contributed by atoms with Crippen molar-refractivity contribution < 1.29 is 18.3 Å². The lowest BCUT2D eigenvalue weighted by Gasteiger charge is -2.28. The van der Waals surface area contributed by atoms with Crippen molar-refractivity contribution in [2.75, 3.05) is 19.7 Å². The zero-order valence-corrected chi connectivity index (χ0v) is 11.0. The van der Waals surface area contributed by atoms with Gasteiger partial charge in [0.15, 0.2) is 11.6 Å². The largest absolute Gasteiger partial charge is 0.450 e. The number of halogens is 2. The van der Waals surface area contributed by atoms with Crippen LogP contribution in [0.4, 0.5) is 13.6 Å². The topological polar surface area (TPSA) is 55.6 Å². The Bertz CT molecular complexity index is 441. The van der Waals surface area contributed by atoms with Crippen molar-refractivity contribution in [3.05, 3.63) is 35.4 Å². The fraction of sp³-hybridized carbons (Fsp3) is 0.462. The number of hydrogen-bond acceptors (Lipinski definition) is 3. The molecule has 4 nitrogen and oxygen atoms in total. The minimum atomic E-state index is -0.944. The number of ether oxygens (including phenoxy) is 1. The molecule has 1 aromatic rings. The monoisotopic (exact) mass is 272 g/mol. The first kappa shape index (κ1) is 15.4. The minimum absolute atomic E-state index is 0.240. The zero-order chi connectivity index (χ0) is 14.4. The maximum absolute atomic E-state index is 13.2. The van der Waals surface area contributed by atoms with Crippen LogP contribution in [0.3, 0.4) is 0 Å². The average Bonchev–Trinajstić information content (AvgIpc) is 2.38. The summed E-state index contributed by atoms with van der Waals surface area (Å²) in [6.45, 7) is 4.18. The summed E-state index contributed by atoms with van der Waals surface area (Å²) >= 11 is 0. The Balaban J connectivity index is 2.94. The molecule has 0 bridgehead atoms. The number of carbonyl (C=O) groups excluding carboxylic acids is 1. The molecule has 1 rings (SSSR count). The molecule has 1 amide bonds. The van der Waals surface area contributed by atoms with Gasteiger partial charge in [-0.05, 0) is 31.5 Å². The van der Waals surface area contributed by atoms with E-state index >= 15 is 0 Å². The average molecular weight is 272 g/mol. The maximum atomic E-state index is 13.2.